The van der Waals surface area contributed by atoms with Crippen molar-refractivity contribution in [3.63, 3.8) is 0 Å². The Morgan fingerprint density at radius 2 is 2.00 bits per heavy atom. The zero-order valence-corrected chi connectivity index (χ0v) is 13.1. The largest absolute Gasteiger partial charge is 0.316 e. The maximum absolute atomic E-state index is 12.3. The predicted octanol–water partition coefficient (Wildman–Crippen LogP) is 0.946. The van der Waals surface area contributed by atoms with E-state index >= 15 is 0 Å². The van der Waals surface area contributed by atoms with Crippen LogP contribution in [0, 0.1) is 5.92 Å². The molecule has 1 N–H and O–H groups in total. The average molecular weight is 295 g/mol. The Labute approximate surface area is 113 Å². The van der Waals surface area contributed by atoms with Gasteiger partial charge >= 0.3 is 0 Å². The Bertz CT molecular complexity index is 381. The zero-order valence-electron chi connectivity index (χ0n) is 11.5. The van der Waals surface area contributed by atoms with Crippen LogP contribution in [0.5, 0.6) is 0 Å². The molecule has 0 spiro atoms. The first-order chi connectivity index (χ1) is 8.37. The molecule has 1 aliphatic rings. The summed E-state index contributed by atoms with van der Waals surface area (Å²) < 4.78 is 34.6. The highest BCUT2D eigenvalue weighted by Crippen LogP contribution is 2.30. The van der Waals surface area contributed by atoms with Gasteiger partial charge in [-0.3, -0.25) is 4.21 Å². The van der Waals surface area contributed by atoms with Crippen LogP contribution in [0.2, 0.25) is 0 Å². The van der Waals surface area contributed by atoms with E-state index in [0.29, 0.717) is 5.92 Å². The first-order valence-electron chi connectivity index (χ1n) is 6.59. The first kappa shape index (κ1) is 16.1. The summed E-state index contributed by atoms with van der Waals surface area (Å²) in [5.74, 6) is 0.948. The minimum Gasteiger partial charge on any atom is -0.316 e. The molecule has 0 radical (unpaired) electrons. The van der Waals surface area contributed by atoms with Gasteiger partial charge in [-0.05, 0) is 32.2 Å². The van der Waals surface area contributed by atoms with Crippen LogP contribution >= 0.6 is 0 Å². The Kier molecular flexibility index (Phi) is 6.27. The second kappa shape index (κ2) is 7.01. The van der Waals surface area contributed by atoms with Gasteiger partial charge in [-0.2, -0.15) is 0 Å². The van der Waals surface area contributed by atoms with E-state index in [0.717, 1.165) is 19.3 Å². The second-order valence-electron chi connectivity index (χ2n) is 5.24. The lowest BCUT2D eigenvalue weighted by atomic mass is 9.84. The van der Waals surface area contributed by atoms with E-state index in [1.165, 1.54) is 12.7 Å². The smallest absolute Gasteiger partial charge is 0.148 e. The van der Waals surface area contributed by atoms with E-state index in [1.807, 2.05) is 7.05 Å². The zero-order chi connectivity index (χ0) is 13.8. The molecule has 4 atom stereocenters. The topological polar surface area (TPSA) is 63.2 Å². The third-order valence-electron chi connectivity index (χ3n) is 3.84. The molecule has 0 aromatic heterocycles. The van der Waals surface area contributed by atoms with E-state index in [-0.39, 0.29) is 22.8 Å². The van der Waals surface area contributed by atoms with E-state index in [9.17, 15) is 12.6 Å². The molecular weight excluding hydrogens is 270 g/mol. The van der Waals surface area contributed by atoms with Gasteiger partial charge in [0, 0.05) is 28.9 Å². The molecule has 0 aromatic rings. The SMILES string of the molecule is CCC1CCC(NC)C(S(=O)CCS(C)(=O)=O)C1. The van der Waals surface area contributed by atoms with Crippen molar-refractivity contribution in [1.29, 1.82) is 0 Å². The van der Waals surface area contributed by atoms with Gasteiger partial charge < -0.3 is 5.32 Å². The van der Waals surface area contributed by atoms with E-state index in [4.69, 9.17) is 0 Å². The molecule has 1 rings (SSSR count). The normalized spacial score (nSPS) is 31.2. The van der Waals surface area contributed by atoms with E-state index in [2.05, 4.69) is 12.2 Å². The summed E-state index contributed by atoms with van der Waals surface area (Å²) in [5.41, 5.74) is 0. The second-order valence-corrected chi connectivity index (χ2v) is 9.27. The Hall–Kier alpha value is 0.0600. The highest BCUT2D eigenvalue weighted by molar-refractivity contribution is 7.92. The third kappa shape index (κ3) is 4.97. The fourth-order valence-electron chi connectivity index (χ4n) is 2.59. The Morgan fingerprint density at radius 1 is 1.33 bits per heavy atom. The van der Waals surface area contributed by atoms with Crippen LogP contribution in [0.4, 0.5) is 0 Å². The summed E-state index contributed by atoms with van der Waals surface area (Å²) in [4.78, 5) is 0. The molecule has 1 fully saturated rings. The van der Waals surface area contributed by atoms with Crippen molar-refractivity contribution in [2.45, 2.75) is 43.9 Å². The van der Waals surface area contributed by atoms with Crippen LogP contribution in [0.15, 0.2) is 0 Å². The van der Waals surface area contributed by atoms with Crippen LogP contribution < -0.4 is 5.32 Å². The molecule has 0 amide bonds. The lowest BCUT2D eigenvalue weighted by molar-refractivity contribution is 0.301. The average Bonchev–Trinajstić information content (AvgIpc) is 2.34. The fourth-order valence-corrected chi connectivity index (χ4v) is 5.88. The standard InChI is InChI=1S/C12H25NO3S2/c1-4-10-5-6-11(13-2)12(9-10)17(14)7-8-18(3,15)16/h10-13H,4-9H2,1-3H3. The van der Waals surface area contributed by atoms with E-state index < -0.39 is 20.6 Å². The Balaban J connectivity index is 2.61. The van der Waals surface area contributed by atoms with Crippen molar-refractivity contribution < 1.29 is 12.6 Å². The van der Waals surface area contributed by atoms with Crippen LogP contribution in [0.3, 0.4) is 0 Å². The number of nitrogens with one attached hydrogen (secondary N) is 1. The van der Waals surface area contributed by atoms with E-state index in [1.54, 1.807) is 0 Å². The van der Waals surface area contributed by atoms with Crippen molar-refractivity contribution in [3.05, 3.63) is 0 Å². The third-order valence-corrected chi connectivity index (χ3v) is 6.85. The quantitative estimate of drug-likeness (QED) is 0.792. The molecule has 1 aliphatic carbocycles. The molecule has 18 heavy (non-hydrogen) atoms. The lowest BCUT2D eigenvalue weighted by Crippen LogP contribution is -2.45. The highest BCUT2D eigenvalue weighted by Gasteiger charge is 2.32. The van der Waals surface area contributed by atoms with Crippen LogP contribution in [0.1, 0.15) is 32.6 Å². The highest BCUT2D eigenvalue weighted by atomic mass is 32.2. The van der Waals surface area contributed by atoms with Crippen LogP contribution in [0.25, 0.3) is 0 Å². The van der Waals surface area contributed by atoms with Gasteiger partial charge in [-0.1, -0.05) is 13.3 Å². The minimum absolute atomic E-state index is 0.0311. The van der Waals surface area contributed by atoms with Crippen molar-refractivity contribution >= 4 is 20.6 Å². The molecule has 4 unspecified atom stereocenters. The fraction of sp³-hybridized carbons (Fsp3) is 1.00. The Morgan fingerprint density at radius 3 is 2.50 bits per heavy atom. The minimum atomic E-state index is -3.01. The summed E-state index contributed by atoms with van der Waals surface area (Å²) in [7, 11) is -2.16. The van der Waals surface area contributed by atoms with Crippen molar-refractivity contribution in [3.8, 4) is 0 Å². The molecular formula is C12H25NO3S2. The maximum atomic E-state index is 12.3. The molecule has 6 heteroatoms. The molecule has 0 bridgehead atoms. The van der Waals surface area contributed by atoms with Crippen molar-refractivity contribution in [2.24, 2.45) is 5.92 Å². The summed E-state index contributed by atoms with van der Waals surface area (Å²) in [6.07, 6.45) is 5.51. The summed E-state index contributed by atoms with van der Waals surface area (Å²) >= 11 is 0. The molecule has 0 heterocycles. The van der Waals surface area contributed by atoms with Gasteiger partial charge in [0.25, 0.3) is 0 Å². The number of sulfone groups is 1. The summed E-state index contributed by atoms with van der Waals surface area (Å²) in [6.45, 7) is 2.17. The molecule has 0 aromatic carbocycles. The van der Waals surface area contributed by atoms with Gasteiger partial charge in [0.05, 0.1) is 11.0 Å². The molecule has 0 saturated heterocycles. The van der Waals surface area contributed by atoms with Gasteiger partial charge in [-0.15, -0.1) is 0 Å². The number of hydrogen-bond acceptors (Lipinski definition) is 4. The number of rotatable bonds is 6. The summed E-state index contributed by atoms with van der Waals surface area (Å²) in [6, 6.07) is 0.271. The molecule has 0 aliphatic heterocycles. The maximum Gasteiger partial charge on any atom is 0.148 e. The molecule has 108 valence electrons. The monoisotopic (exact) mass is 295 g/mol. The van der Waals surface area contributed by atoms with Gasteiger partial charge in [0.15, 0.2) is 0 Å². The van der Waals surface area contributed by atoms with Gasteiger partial charge in [-0.25, -0.2) is 8.42 Å². The number of hydrogen-bond donors (Lipinski definition) is 1. The van der Waals surface area contributed by atoms with Crippen molar-refractivity contribution in [1.82, 2.24) is 5.32 Å². The first-order valence-corrected chi connectivity index (χ1v) is 10.0. The summed E-state index contributed by atoms with van der Waals surface area (Å²) in [5, 5.41) is 3.34. The molecule has 4 nitrogen and oxygen atoms in total. The van der Waals surface area contributed by atoms with Crippen LogP contribution in [-0.2, 0) is 20.6 Å². The predicted molar refractivity (Wildman–Crippen MR) is 77.0 cm³/mol. The lowest BCUT2D eigenvalue weighted by Gasteiger charge is -2.35. The van der Waals surface area contributed by atoms with Crippen LogP contribution in [-0.4, -0.2) is 48.7 Å². The van der Waals surface area contributed by atoms with Gasteiger partial charge in [0.2, 0.25) is 0 Å². The molecule has 1 saturated carbocycles. The van der Waals surface area contributed by atoms with Gasteiger partial charge in [0.1, 0.15) is 9.84 Å². The van der Waals surface area contributed by atoms with Crippen molar-refractivity contribution in [2.75, 3.05) is 24.8 Å².